The van der Waals surface area contributed by atoms with Gasteiger partial charge in [-0.1, -0.05) is 29.8 Å². The topological polar surface area (TPSA) is 66.9 Å². The zero-order valence-corrected chi connectivity index (χ0v) is 17.5. The maximum absolute atomic E-state index is 13.2. The lowest BCUT2D eigenvalue weighted by Gasteiger charge is -2.29. The van der Waals surface area contributed by atoms with Crippen molar-refractivity contribution in [3.05, 3.63) is 64.9 Å². The van der Waals surface area contributed by atoms with Gasteiger partial charge in [0.05, 0.1) is 12.0 Å². The van der Waals surface area contributed by atoms with E-state index in [9.17, 15) is 17.6 Å². The molecule has 1 saturated heterocycles. The summed E-state index contributed by atoms with van der Waals surface area (Å²) < 4.78 is 45.3. The number of hydrogen-bond donors (Lipinski definition) is 0. The van der Waals surface area contributed by atoms with E-state index in [1.807, 2.05) is 4.90 Å². The minimum Gasteiger partial charge on any atom is -0.468 e. The van der Waals surface area contributed by atoms with E-state index < -0.39 is 27.9 Å². The molecule has 0 N–H and O–H groups in total. The van der Waals surface area contributed by atoms with Gasteiger partial charge in [-0.2, -0.15) is 4.31 Å². The average molecular weight is 441 g/mol. The lowest BCUT2D eigenvalue weighted by atomic mass is 10.0. The Bertz CT molecular complexity index is 969. The molecule has 1 unspecified atom stereocenters. The fourth-order valence-electron chi connectivity index (χ4n) is 3.45. The third-order valence-electron chi connectivity index (χ3n) is 4.93. The second kappa shape index (κ2) is 9.21. The number of carbonyl (C=O) groups is 1. The van der Waals surface area contributed by atoms with Gasteiger partial charge in [0, 0.05) is 31.2 Å². The zero-order chi connectivity index (χ0) is 21.0. The second-order valence-electron chi connectivity index (χ2n) is 6.69. The summed E-state index contributed by atoms with van der Waals surface area (Å²) in [5, 5.41) is 0.447. The second-order valence-corrected chi connectivity index (χ2v) is 9.04. The predicted molar refractivity (Wildman–Crippen MR) is 108 cm³/mol. The van der Waals surface area contributed by atoms with Gasteiger partial charge >= 0.3 is 5.97 Å². The summed E-state index contributed by atoms with van der Waals surface area (Å²) in [5.41, 5.74) is 0.621. The molecule has 1 aliphatic rings. The number of nitrogens with zero attached hydrogens (tertiary/aromatic N) is 2. The highest BCUT2D eigenvalue weighted by atomic mass is 35.5. The van der Waals surface area contributed by atoms with E-state index in [0.29, 0.717) is 36.6 Å². The van der Waals surface area contributed by atoms with E-state index in [-0.39, 0.29) is 11.4 Å². The van der Waals surface area contributed by atoms with Gasteiger partial charge < -0.3 is 4.74 Å². The summed E-state index contributed by atoms with van der Waals surface area (Å²) in [6.07, 6.45) is 0.526. The van der Waals surface area contributed by atoms with Crippen molar-refractivity contribution in [3.63, 3.8) is 0 Å². The first kappa shape index (κ1) is 21.7. The summed E-state index contributed by atoms with van der Waals surface area (Å²) in [5.74, 6) is -0.945. The minimum absolute atomic E-state index is 0.0444. The third kappa shape index (κ3) is 4.78. The van der Waals surface area contributed by atoms with E-state index >= 15 is 0 Å². The van der Waals surface area contributed by atoms with Crippen molar-refractivity contribution in [2.45, 2.75) is 17.4 Å². The standard InChI is InChI=1S/C20H22ClFN2O4S/c1-28-20(25)19(17-5-2-3-6-18(17)21)23-11-4-12-24(14-13-23)29(26,27)16-9-7-15(22)8-10-16/h2-3,5-10,19H,4,11-14H2,1H3. The van der Waals surface area contributed by atoms with Crippen molar-refractivity contribution in [3.8, 4) is 0 Å². The van der Waals surface area contributed by atoms with Crippen LogP contribution in [0.4, 0.5) is 4.39 Å². The predicted octanol–water partition coefficient (Wildman–Crippen LogP) is 3.09. The van der Waals surface area contributed by atoms with Crippen LogP contribution in [0, 0.1) is 5.82 Å². The summed E-state index contributed by atoms with van der Waals surface area (Å²) in [6.45, 7) is 1.32. The molecule has 0 aliphatic carbocycles. The largest absolute Gasteiger partial charge is 0.468 e. The van der Waals surface area contributed by atoms with Crippen molar-refractivity contribution >= 4 is 27.6 Å². The number of esters is 1. The van der Waals surface area contributed by atoms with E-state index in [4.69, 9.17) is 16.3 Å². The van der Waals surface area contributed by atoms with Crippen LogP contribution in [0.2, 0.25) is 5.02 Å². The Morgan fingerprint density at radius 3 is 2.41 bits per heavy atom. The highest BCUT2D eigenvalue weighted by Gasteiger charge is 2.34. The molecule has 0 bridgehead atoms. The minimum atomic E-state index is -3.75. The zero-order valence-electron chi connectivity index (χ0n) is 15.9. The number of methoxy groups -OCH3 is 1. The fraction of sp³-hybridized carbons (Fsp3) is 0.350. The van der Waals surface area contributed by atoms with Crippen molar-refractivity contribution in [2.24, 2.45) is 0 Å². The molecule has 0 radical (unpaired) electrons. The molecule has 9 heteroatoms. The van der Waals surface area contributed by atoms with Crippen LogP contribution >= 0.6 is 11.6 Å². The van der Waals surface area contributed by atoms with Gasteiger partial charge in [-0.15, -0.1) is 0 Å². The van der Waals surface area contributed by atoms with Crippen molar-refractivity contribution in [1.82, 2.24) is 9.21 Å². The van der Waals surface area contributed by atoms with Gasteiger partial charge in [0.2, 0.25) is 10.0 Å². The maximum atomic E-state index is 13.2. The summed E-state index contributed by atoms with van der Waals surface area (Å²) in [4.78, 5) is 14.4. The molecule has 6 nitrogen and oxygen atoms in total. The number of ether oxygens (including phenoxy) is 1. The Balaban J connectivity index is 1.83. The molecule has 2 aromatic carbocycles. The Hall–Kier alpha value is -2.00. The first-order valence-corrected chi connectivity index (χ1v) is 11.0. The molecule has 1 atom stereocenters. The Kier molecular flexibility index (Phi) is 6.89. The Labute approximate surface area is 174 Å². The SMILES string of the molecule is COC(=O)C(c1ccccc1Cl)N1CCCN(S(=O)(=O)c2ccc(F)cc2)CC1. The van der Waals surface area contributed by atoms with E-state index in [1.165, 1.54) is 23.5 Å². The molecular weight excluding hydrogens is 419 g/mol. The number of rotatable bonds is 5. The van der Waals surface area contributed by atoms with Crippen molar-refractivity contribution < 1.29 is 22.3 Å². The van der Waals surface area contributed by atoms with E-state index in [0.717, 1.165) is 12.1 Å². The number of benzene rings is 2. The average Bonchev–Trinajstić information content (AvgIpc) is 2.96. The van der Waals surface area contributed by atoms with Gasteiger partial charge in [0.1, 0.15) is 11.9 Å². The van der Waals surface area contributed by atoms with E-state index in [1.54, 1.807) is 24.3 Å². The molecule has 0 spiro atoms. The maximum Gasteiger partial charge on any atom is 0.327 e. The van der Waals surface area contributed by atoms with Crippen LogP contribution in [0.3, 0.4) is 0 Å². The van der Waals surface area contributed by atoms with E-state index in [2.05, 4.69) is 0 Å². The van der Waals surface area contributed by atoms with Crippen LogP contribution in [0.25, 0.3) is 0 Å². The highest BCUT2D eigenvalue weighted by molar-refractivity contribution is 7.89. The summed E-state index contributed by atoms with van der Waals surface area (Å²) >= 11 is 6.30. The first-order chi connectivity index (χ1) is 13.8. The van der Waals surface area contributed by atoms with Gasteiger partial charge in [-0.05, 0) is 42.3 Å². The van der Waals surface area contributed by atoms with Crippen LogP contribution in [0.5, 0.6) is 0 Å². The molecule has 2 aromatic rings. The number of hydrogen-bond acceptors (Lipinski definition) is 5. The van der Waals surface area contributed by atoms with Crippen LogP contribution in [-0.4, -0.2) is 56.9 Å². The Morgan fingerprint density at radius 1 is 1.07 bits per heavy atom. The molecule has 29 heavy (non-hydrogen) atoms. The van der Waals surface area contributed by atoms with Crippen LogP contribution in [0.15, 0.2) is 53.4 Å². The molecule has 0 saturated carbocycles. The summed E-state index contributed by atoms with van der Waals surface area (Å²) in [6, 6.07) is 11.1. The number of sulfonamides is 1. The van der Waals surface area contributed by atoms with Gasteiger partial charge in [-0.25, -0.2) is 17.6 Å². The molecule has 0 aromatic heterocycles. The lowest BCUT2D eigenvalue weighted by Crippen LogP contribution is -2.39. The quantitative estimate of drug-likeness (QED) is 0.668. The molecule has 156 valence electrons. The number of halogens is 2. The third-order valence-corrected chi connectivity index (χ3v) is 7.19. The highest BCUT2D eigenvalue weighted by Crippen LogP contribution is 2.30. The molecule has 1 aliphatic heterocycles. The molecular formula is C20H22ClFN2O4S. The summed E-state index contributed by atoms with van der Waals surface area (Å²) in [7, 11) is -2.44. The van der Waals surface area contributed by atoms with Crippen molar-refractivity contribution in [1.29, 1.82) is 0 Å². The van der Waals surface area contributed by atoms with Gasteiger partial charge in [0.25, 0.3) is 0 Å². The lowest BCUT2D eigenvalue weighted by molar-refractivity contribution is -0.147. The normalized spacial score (nSPS) is 17.5. The van der Waals surface area contributed by atoms with Crippen LogP contribution in [-0.2, 0) is 19.6 Å². The number of carbonyl (C=O) groups excluding carboxylic acids is 1. The van der Waals surface area contributed by atoms with Gasteiger partial charge in [-0.3, -0.25) is 4.90 Å². The molecule has 1 heterocycles. The molecule has 1 fully saturated rings. The smallest absolute Gasteiger partial charge is 0.327 e. The van der Waals surface area contributed by atoms with Gasteiger partial charge in [0.15, 0.2) is 0 Å². The van der Waals surface area contributed by atoms with Crippen molar-refractivity contribution in [2.75, 3.05) is 33.3 Å². The fourth-order valence-corrected chi connectivity index (χ4v) is 5.16. The first-order valence-electron chi connectivity index (χ1n) is 9.16. The molecule has 3 rings (SSSR count). The monoisotopic (exact) mass is 440 g/mol. The van der Waals surface area contributed by atoms with Crippen LogP contribution in [0.1, 0.15) is 18.0 Å². The Morgan fingerprint density at radius 2 is 1.76 bits per heavy atom. The van der Waals surface area contributed by atoms with Crippen LogP contribution < -0.4 is 0 Å². The molecule has 0 amide bonds.